The van der Waals surface area contributed by atoms with Crippen LogP contribution in [-0.4, -0.2) is 72.4 Å². The maximum atomic E-state index is 13.3. The Bertz CT molecular complexity index is 819. The van der Waals surface area contributed by atoms with E-state index in [1.165, 1.54) is 0 Å². The molecule has 1 aromatic carbocycles. The van der Waals surface area contributed by atoms with Crippen molar-refractivity contribution < 1.29 is 14.3 Å². The van der Waals surface area contributed by atoms with Crippen LogP contribution in [0.5, 0.6) is 5.75 Å². The minimum absolute atomic E-state index is 0.167. The van der Waals surface area contributed by atoms with Crippen molar-refractivity contribution in [2.24, 2.45) is 17.8 Å². The first kappa shape index (κ1) is 25.3. The number of nitrogens with zero attached hydrogens (tertiary/aromatic N) is 3. The van der Waals surface area contributed by atoms with Crippen molar-refractivity contribution >= 4 is 11.8 Å². The Kier molecular flexibility index (Phi) is 9.36. The van der Waals surface area contributed by atoms with Gasteiger partial charge in [0.05, 0.1) is 6.54 Å². The van der Waals surface area contributed by atoms with E-state index in [1.807, 2.05) is 41.8 Å². The molecule has 2 heterocycles. The van der Waals surface area contributed by atoms with E-state index in [-0.39, 0.29) is 23.7 Å². The molecule has 0 N–H and O–H groups in total. The predicted octanol–water partition coefficient (Wildman–Crippen LogP) is 3.82. The fourth-order valence-corrected chi connectivity index (χ4v) is 5.04. The second-order valence-electron chi connectivity index (χ2n) is 9.73. The molecule has 0 saturated carbocycles. The molecule has 1 fully saturated rings. The average molecular weight is 456 g/mol. The van der Waals surface area contributed by atoms with Crippen LogP contribution in [-0.2, 0) is 16.1 Å². The highest BCUT2D eigenvalue weighted by atomic mass is 16.5. The Morgan fingerprint density at radius 2 is 1.94 bits per heavy atom. The van der Waals surface area contributed by atoms with Gasteiger partial charge in [0.1, 0.15) is 12.4 Å². The van der Waals surface area contributed by atoms with Crippen LogP contribution < -0.4 is 4.74 Å². The van der Waals surface area contributed by atoms with Gasteiger partial charge >= 0.3 is 0 Å². The van der Waals surface area contributed by atoms with Gasteiger partial charge in [0, 0.05) is 51.3 Å². The van der Waals surface area contributed by atoms with Crippen molar-refractivity contribution in [2.75, 3.05) is 45.9 Å². The van der Waals surface area contributed by atoms with Crippen LogP contribution in [0.4, 0.5) is 0 Å². The van der Waals surface area contributed by atoms with E-state index in [4.69, 9.17) is 4.74 Å². The van der Waals surface area contributed by atoms with Crippen molar-refractivity contribution in [3.63, 3.8) is 0 Å². The first-order valence-corrected chi connectivity index (χ1v) is 12.6. The summed E-state index contributed by atoms with van der Waals surface area (Å²) in [5, 5.41) is 0. The molecule has 2 atom stereocenters. The van der Waals surface area contributed by atoms with E-state index in [1.54, 1.807) is 0 Å². The van der Waals surface area contributed by atoms with E-state index in [9.17, 15) is 9.59 Å². The summed E-state index contributed by atoms with van der Waals surface area (Å²) in [4.78, 5) is 32.3. The Morgan fingerprint density at radius 3 is 2.67 bits per heavy atom. The van der Waals surface area contributed by atoms with Crippen molar-refractivity contribution in [2.45, 2.75) is 47.1 Å². The third-order valence-electron chi connectivity index (χ3n) is 6.78. The van der Waals surface area contributed by atoms with Crippen molar-refractivity contribution in [3.05, 3.63) is 42.0 Å². The van der Waals surface area contributed by atoms with Gasteiger partial charge in [-0.3, -0.25) is 14.5 Å². The van der Waals surface area contributed by atoms with Gasteiger partial charge < -0.3 is 14.5 Å². The number of hydrogen-bond donors (Lipinski definition) is 0. The number of hydrogen-bond acceptors (Lipinski definition) is 4. The molecule has 2 aliphatic rings. The van der Waals surface area contributed by atoms with E-state index in [0.29, 0.717) is 38.6 Å². The molecule has 3 rings (SSSR count). The lowest BCUT2D eigenvalue weighted by atomic mass is 9.82. The fourth-order valence-electron chi connectivity index (χ4n) is 5.04. The molecule has 1 saturated heterocycles. The van der Waals surface area contributed by atoms with Crippen molar-refractivity contribution in [1.82, 2.24) is 14.7 Å². The highest BCUT2D eigenvalue weighted by Crippen LogP contribution is 2.29. The number of para-hydroxylation sites is 1. The number of ether oxygens (including phenoxy) is 1. The fraction of sp³-hybridized carbons (Fsp3) is 0.630. The third kappa shape index (κ3) is 7.07. The van der Waals surface area contributed by atoms with Crippen LogP contribution in [0.2, 0.25) is 0 Å². The Balaban J connectivity index is 1.81. The molecule has 2 aliphatic heterocycles. The summed E-state index contributed by atoms with van der Waals surface area (Å²) in [7, 11) is 0. The maximum absolute atomic E-state index is 13.3. The van der Waals surface area contributed by atoms with Gasteiger partial charge in [0.15, 0.2) is 0 Å². The Morgan fingerprint density at radius 1 is 1.18 bits per heavy atom. The standard InChI is InChI=1S/C27H41N3O3/c1-5-29(6-2)26(31)16-22-13-14-30-19-23(22)11-9-15-33-25-12-8-7-10-24(25)18-28(17-21(3)4)20-27(30)32/h7-12,21-23H,5-6,13-20H2,1-4H3/t22-,23-/m0/s1. The van der Waals surface area contributed by atoms with Gasteiger partial charge in [0.25, 0.3) is 0 Å². The molecule has 6 heteroatoms. The molecular weight excluding hydrogens is 414 g/mol. The summed E-state index contributed by atoms with van der Waals surface area (Å²) in [6.07, 6.45) is 5.64. The van der Waals surface area contributed by atoms with Crippen LogP contribution in [0.25, 0.3) is 0 Å². The van der Waals surface area contributed by atoms with Gasteiger partial charge in [0.2, 0.25) is 11.8 Å². The molecule has 6 nitrogen and oxygen atoms in total. The van der Waals surface area contributed by atoms with Gasteiger partial charge in [-0.05, 0) is 44.1 Å². The molecule has 2 bridgehead atoms. The van der Waals surface area contributed by atoms with Crippen LogP contribution >= 0.6 is 0 Å². The number of amides is 2. The highest BCUT2D eigenvalue weighted by Gasteiger charge is 2.32. The number of rotatable bonds is 6. The number of fused-ring (bicyclic) bond motifs is 3. The molecule has 0 spiro atoms. The molecule has 2 amide bonds. The number of piperidine rings is 1. The molecule has 0 aromatic heterocycles. The smallest absolute Gasteiger partial charge is 0.236 e. The van der Waals surface area contributed by atoms with Crippen LogP contribution in [0.15, 0.2) is 36.4 Å². The average Bonchev–Trinajstić information content (AvgIpc) is 2.79. The SMILES string of the molecule is CCN(CC)C(=O)C[C@@H]1CCN2C[C@@H]1C=CCOc1ccccc1CN(CC(C)C)CC2=O. The van der Waals surface area contributed by atoms with Crippen LogP contribution in [0, 0.1) is 17.8 Å². The topological polar surface area (TPSA) is 53.1 Å². The highest BCUT2D eigenvalue weighted by molar-refractivity contribution is 5.79. The molecule has 1 aromatic rings. The lowest BCUT2D eigenvalue weighted by molar-refractivity contribution is -0.136. The van der Waals surface area contributed by atoms with E-state index < -0.39 is 0 Å². The number of benzene rings is 1. The van der Waals surface area contributed by atoms with Crippen molar-refractivity contribution in [1.29, 1.82) is 0 Å². The first-order chi connectivity index (χ1) is 15.9. The van der Waals surface area contributed by atoms with Crippen LogP contribution in [0.1, 0.15) is 46.1 Å². The van der Waals surface area contributed by atoms with Crippen LogP contribution in [0.3, 0.4) is 0 Å². The maximum Gasteiger partial charge on any atom is 0.236 e. The van der Waals surface area contributed by atoms with Crippen molar-refractivity contribution in [3.8, 4) is 5.75 Å². The Hall–Kier alpha value is -2.34. The quantitative estimate of drug-likeness (QED) is 0.612. The molecule has 182 valence electrons. The lowest BCUT2D eigenvalue weighted by Crippen LogP contribution is -2.48. The summed E-state index contributed by atoms with van der Waals surface area (Å²) in [5.41, 5.74) is 1.11. The minimum Gasteiger partial charge on any atom is -0.489 e. The molecule has 0 radical (unpaired) electrons. The van der Waals surface area contributed by atoms with Gasteiger partial charge in [-0.2, -0.15) is 0 Å². The first-order valence-electron chi connectivity index (χ1n) is 12.6. The van der Waals surface area contributed by atoms with E-state index in [2.05, 4.69) is 37.0 Å². The summed E-state index contributed by atoms with van der Waals surface area (Å²) in [6.45, 7) is 13.8. The lowest BCUT2D eigenvalue weighted by Gasteiger charge is -2.38. The predicted molar refractivity (Wildman–Crippen MR) is 132 cm³/mol. The number of carbonyl (C=O) groups is 2. The zero-order valence-electron chi connectivity index (χ0n) is 20.8. The molecular formula is C27H41N3O3. The zero-order chi connectivity index (χ0) is 23.8. The number of carbonyl (C=O) groups excluding carboxylic acids is 2. The second-order valence-corrected chi connectivity index (χ2v) is 9.73. The summed E-state index contributed by atoms with van der Waals surface area (Å²) >= 11 is 0. The second kappa shape index (κ2) is 12.2. The monoisotopic (exact) mass is 455 g/mol. The van der Waals surface area contributed by atoms with E-state index in [0.717, 1.165) is 43.9 Å². The van der Waals surface area contributed by atoms with Gasteiger partial charge in [-0.1, -0.05) is 44.2 Å². The zero-order valence-corrected chi connectivity index (χ0v) is 20.8. The minimum atomic E-state index is 0.167. The van der Waals surface area contributed by atoms with E-state index >= 15 is 0 Å². The van der Waals surface area contributed by atoms with Gasteiger partial charge in [-0.15, -0.1) is 0 Å². The molecule has 33 heavy (non-hydrogen) atoms. The largest absolute Gasteiger partial charge is 0.489 e. The summed E-state index contributed by atoms with van der Waals surface area (Å²) in [5.74, 6) is 2.16. The summed E-state index contributed by atoms with van der Waals surface area (Å²) in [6, 6.07) is 8.11. The normalized spacial score (nSPS) is 22.1. The third-order valence-corrected chi connectivity index (χ3v) is 6.78. The molecule has 0 unspecified atom stereocenters. The Labute approximate surface area is 199 Å². The molecule has 0 aliphatic carbocycles. The summed E-state index contributed by atoms with van der Waals surface area (Å²) < 4.78 is 6.12. The van der Waals surface area contributed by atoms with Gasteiger partial charge in [-0.25, -0.2) is 0 Å².